The standard InChI is InChI=1S/C21H22N4O5S/c1-13-7-4-5-10-18(13)31(27,28)25-11-14-15(12-25)23-24-20(14)22-21(26)19-16(29-2)8-6-9-17(19)30-3/h4-10H,11-12H2,1-3H3,(H2,22,23,24,26). The van der Waals surface area contributed by atoms with Gasteiger partial charge in [-0.15, -0.1) is 0 Å². The van der Waals surface area contributed by atoms with Gasteiger partial charge in [0.2, 0.25) is 10.0 Å². The zero-order valence-electron chi connectivity index (χ0n) is 17.3. The van der Waals surface area contributed by atoms with Crippen LogP contribution in [-0.2, 0) is 23.1 Å². The fourth-order valence-electron chi connectivity index (χ4n) is 3.61. The molecule has 0 aliphatic carbocycles. The molecule has 0 saturated carbocycles. The average Bonchev–Trinajstić information content (AvgIpc) is 3.35. The van der Waals surface area contributed by atoms with Crippen LogP contribution in [-0.4, -0.2) is 43.0 Å². The van der Waals surface area contributed by atoms with Gasteiger partial charge in [-0.25, -0.2) is 8.42 Å². The number of H-pyrrole nitrogens is 1. The predicted molar refractivity (Wildman–Crippen MR) is 114 cm³/mol. The van der Waals surface area contributed by atoms with Crippen LogP contribution in [0.1, 0.15) is 27.2 Å². The molecule has 3 aromatic rings. The maximum Gasteiger partial charge on any atom is 0.264 e. The van der Waals surface area contributed by atoms with Crippen molar-refractivity contribution in [3.8, 4) is 11.5 Å². The van der Waals surface area contributed by atoms with Crippen LogP contribution in [0.3, 0.4) is 0 Å². The van der Waals surface area contributed by atoms with Crippen molar-refractivity contribution in [1.82, 2.24) is 14.5 Å². The maximum atomic E-state index is 13.1. The van der Waals surface area contributed by atoms with Crippen molar-refractivity contribution in [1.29, 1.82) is 0 Å². The minimum atomic E-state index is -3.69. The summed E-state index contributed by atoms with van der Waals surface area (Å²) in [6.07, 6.45) is 0. The second-order valence-electron chi connectivity index (χ2n) is 7.06. The summed E-state index contributed by atoms with van der Waals surface area (Å²) in [5, 5.41) is 9.74. The zero-order chi connectivity index (χ0) is 22.2. The lowest BCUT2D eigenvalue weighted by Gasteiger charge is -2.17. The molecule has 4 rings (SSSR count). The van der Waals surface area contributed by atoms with Gasteiger partial charge in [0.1, 0.15) is 17.1 Å². The second-order valence-corrected chi connectivity index (χ2v) is 8.97. The van der Waals surface area contributed by atoms with E-state index in [2.05, 4.69) is 15.5 Å². The van der Waals surface area contributed by atoms with Crippen molar-refractivity contribution in [3.63, 3.8) is 0 Å². The van der Waals surface area contributed by atoms with Gasteiger partial charge in [-0.05, 0) is 30.7 Å². The quantitative estimate of drug-likeness (QED) is 0.607. The van der Waals surface area contributed by atoms with Crippen molar-refractivity contribution in [2.24, 2.45) is 0 Å². The molecule has 0 bridgehead atoms. The number of methoxy groups -OCH3 is 2. The number of hydrogen-bond donors (Lipinski definition) is 2. The summed E-state index contributed by atoms with van der Waals surface area (Å²) in [7, 11) is -0.764. The van der Waals surface area contributed by atoms with E-state index in [0.29, 0.717) is 28.3 Å². The Morgan fingerprint density at radius 2 is 1.74 bits per heavy atom. The molecule has 31 heavy (non-hydrogen) atoms. The molecule has 1 amide bonds. The Labute approximate surface area is 180 Å². The molecule has 0 fully saturated rings. The third-order valence-corrected chi connectivity index (χ3v) is 7.17. The number of amides is 1. The number of anilines is 1. The Balaban J connectivity index is 1.60. The molecule has 2 aromatic carbocycles. The van der Waals surface area contributed by atoms with Crippen LogP contribution in [0.15, 0.2) is 47.4 Å². The molecule has 0 saturated heterocycles. The first kappa shape index (κ1) is 20.9. The number of aromatic nitrogens is 2. The van der Waals surface area contributed by atoms with Gasteiger partial charge in [0.25, 0.3) is 5.91 Å². The first-order valence-electron chi connectivity index (χ1n) is 9.51. The zero-order valence-corrected chi connectivity index (χ0v) is 18.1. The van der Waals surface area contributed by atoms with Crippen LogP contribution in [0.4, 0.5) is 5.82 Å². The van der Waals surface area contributed by atoms with E-state index in [1.807, 2.05) is 0 Å². The third-order valence-electron chi connectivity index (χ3n) is 5.22. The number of aryl methyl sites for hydroxylation is 1. The number of carbonyl (C=O) groups is 1. The van der Waals surface area contributed by atoms with Crippen molar-refractivity contribution >= 4 is 21.7 Å². The number of aromatic amines is 1. The summed E-state index contributed by atoms with van der Waals surface area (Å²) < 4.78 is 38.2. The van der Waals surface area contributed by atoms with Crippen molar-refractivity contribution < 1.29 is 22.7 Å². The second kappa shape index (κ2) is 8.05. The number of rotatable bonds is 6. The highest BCUT2D eigenvalue weighted by atomic mass is 32.2. The number of ether oxygens (including phenoxy) is 2. The van der Waals surface area contributed by atoms with Gasteiger partial charge in [-0.3, -0.25) is 9.89 Å². The van der Waals surface area contributed by atoms with Gasteiger partial charge in [-0.2, -0.15) is 9.40 Å². The largest absolute Gasteiger partial charge is 0.496 e. The van der Waals surface area contributed by atoms with Crippen molar-refractivity contribution in [3.05, 3.63) is 64.8 Å². The summed E-state index contributed by atoms with van der Waals surface area (Å²) in [6, 6.07) is 11.9. The number of sulfonamides is 1. The van der Waals surface area contributed by atoms with Gasteiger partial charge in [0, 0.05) is 12.1 Å². The Bertz CT molecular complexity index is 1230. The lowest BCUT2D eigenvalue weighted by molar-refractivity contribution is 0.102. The molecule has 0 spiro atoms. The number of hydrogen-bond acceptors (Lipinski definition) is 6. The molecule has 1 aliphatic rings. The first-order valence-corrected chi connectivity index (χ1v) is 10.9. The molecule has 2 N–H and O–H groups in total. The van der Waals surface area contributed by atoms with E-state index in [-0.39, 0.29) is 29.4 Å². The van der Waals surface area contributed by atoms with Gasteiger partial charge in [0.15, 0.2) is 5.82 Å². The van der Waals surface area contributed by atoms with Gasteiger partial charge < -0.3 is 14.8 Å². The lowest BCUT2D eigenvalue weighted by Crippen LogP contribution is -2.27. The van der Waals surface area contributed by atoms with Crippen LogP contribution in [0.25, 0.3) is 0 Å². The summed E-state index contributed by atoms with van der Waals surface area (Å²) in [5.41, 5.74) is 2.17. The van der Waals surface area contributed by atoms with Crippen LogP contribution in [0, 0.1) is 6.92 Å². The van der Waals surface area contributed by atoms with Gasteiger partial charge >= 0.3 is 0 Å². The highest BCUT2D eigenvalue weighted by molar-refractivity contribution is 7.89. The third kappa shape index (κ3) is 3.64. The smallest absolute Gasteiger partial charge is 0.264 e. The Kier molecular flexibility index (Phi) is 5.42. The average molecular weight is 442 g/mol. The summed E-state index contributed by atoms with van der Waals surface area (Å²) >= 11 is 0. The fourth-order valence-corrected chi connectivity index (χ4v) is 5.22. The lowest BCUT2D eigenvalue weighted by atomic mass is 10.1. The molecule has 0 radical (unpaired) electrons. The molecule has 0 unspecified atom stereocenters. The van der Waals surface area contributed by atoms with Crippen molar-refractivity contribution in [2.75, 3.05) is 19.5 Å². The number of fused-ring (bicyclic) bond motifs is 1. The molecule has 162 valence electrons. The van der Waals surface area contributed by atoms with Gasteiger partial charge in [0.05, 0.1) is 31.4 Å². The van der Waals surface area contributed by atoms with Crippen molar-refractivity contribution in [2.45, 2.75) is 24.9 Å². The molecule has 2 heterocycles. The van der Waals surface area contributed by atoms with E-state index in [9.17, 15) is 13.2 Å². The van der Waals surface area contributed by atoms with Crippen LogP contribution in [0.5, 0.6) is 11.5 Å². The highest BCUT2D eigenvalue weighted by Gasteiger charge is 2.35. The number of carbonyl (C=O) groups excluding carboxylic acids is 1. The van der Waals surface area contributed by atoms with E-state index < -0.39 is 15.9 Å². The monoisotopic (exact) mass is 442 g/mol. The summed E-state index contributed by atoms with van der Waals surface area (Å²) in [6.45, 7) is 2.00. The molecule has 9 nitrogen and oxygen atoms in total. The van der Waals surface area contributed by atoms with Gasteiger partial charge in [-0.1, -0.05) is 24.3 Å². The highest BCUT2D eigenvalue weighted by Crippen LogP contribution is 2.34. The number of nitrogens with zero attached hydrogens (tertiary/aromatic N) is 2. The number of benzene rings is 2. The number of nitrogens with one attached hydrogen (secondary N) is 2. The van der Waals surface area contributed by atoms with E-state index in [1.54, 1.807) is 49.4 Å². The molecule has 10 heteroatoms. The minimum Gasteiger partial charge on any atom is -0.496 e. The molecular weight excluding hydrogens is 420 g/mol. The summed E-state index contributed by atoms with van der Waals surface area (Å²) in [5.74, 6) is 0.514. The Hall–Kier alpha value is -3.37. The molecular formula is C21H22N4O5S. The molecule has 1 aromatic heterocycles. The topological polar surface area (TPSA) is 114 Å². The summed E-state index contributed by atoms with van der Waals surface area (Å²) in [4.78, 5) is 13.2. The maximum absolute atomic E-state index is 13.1. The Morgan fingerprint density at radius 3 is 2.39 bits per heavy atom. The fraction of sp³-hybridized carbons (Fsp3) is 0.238. The first-order chi connectivity index (χ1) is 14.9. The minimum absolute atomic E-state index is 0.0984. The van der Waals surface area contributed by atoms with E-state index in [4.69, 9.17) is 9.47 Å². The van der Waals surface area contributed by atoms with E-state index in [0.717, 1.165) is 0 Å². The normalized spacial score (nSPS) is 13.6. The van der Waals surface area contributed by atoms with Crippen LogP contribution in [0.2, 0.25) is 0 Å². The van der Waals surface area contributed by atoms with Crippen LogP contribution >= 0.6 is 0 Å². The molecule has 1 aliphatic heterocycles. The Morgan fingerprint density at radius 1 is 1.06 bits per heavy atom. The van der Waals surface area contributed by atoms with E-state index in [1.165, 1.54) is 18.5 Å². The molecule has 0 atom stereocenters. The van der Waals surface area contributed by atoms with E-state index >= 15 is 0 Å². The van der Waals surface area contributed by atoms with Crippen LogP contribution < -0.4 is 14.8 Å². The predicted octanol–water partition coefficient (Wildman–Crippen LogP) is 2.69. The SMILES string of the molecule is COc1cccc(OC)c1C(=O)Nc1n[nH]c2c1CN(S(=O)(=O)c1ccccc1C)C2.